The topological polar surface area (TPSA) is 88.7 Å². The molecule has 0 radical (unpaired) electrons. The number of ether oxygens (including phenoxy) is 2. The van der Waals surface area contributed by atoms with Crippen LogP contribution >= 0.6 is 0 Å². The van der Waals surface area contributed by atoms with E-state index in [0.29, 0.717) is 23.6 Å². The number of benzene rings is 1. The van der Waals surface area contributed by atoms with E-state index >= 15 is 0 Å². The molecule has 3 N–H and O–H groups in total. The molecule has 122 valence electrons. The van der Waals surface area contributed by atoms with Crippen LogP contribution in [-0.4, -0.2) is 39.2 Å². The van der Waals surface area contributed by atoms with E-state index in [0.717, 1.165) is 6.42 Å². The maximum Gasteiger partial charge on any atom is 0.319 e. The minimum absolute atomic E-state index is 0.223. The lowest BCUT2D eigenvalue weighted by Crippen LogP contribution is -2.47. The molecule has 0 aromatic heterocycles. The van der Waals surface area contributed by atoms with Gasteiger partial charge in [0, 0.05) is 13.1 Å². The molecule has 7 nitrogen and oxygen atoms in total. The largest absolute Gasteiger partial charge is 0.497 e. The summed E-state index contributed by atoms with van der Waals surface area (Å²) in [5.41, 5.74) is 0.493. The number of rotatable bonds is 7. The number of hydrogen-bond donors (Lipinski definition) is 3. The highest BCUT2D eigenvalue weighted by atomic mass is 16.5. The summed E-state index contributed by atoms with van der Waals surface area (Å²) in [7, 11) is 4.59. The van der Waals surface area contributed by atoms with Crippen molar-refractivity contribution in [1.82, 2.24) is 10.6 Å². The number of likely N-dealkylation sites (N-methyl/N-ethyl adjacent to an activating group) is 1. The zero-order valence-corrected chi connectivity index (χ0v) is 13.4. The van der Waals surface area contributed by atoms with Crippen molar-refractivity contribution >= 4 is 17.6 Å². The van der Waals surface area contributed by atoms with Gasteiger partial charge in [0.1, 0.15) is 17.5 Å². The number of urea groups is 1. The first-order chi connectivity index (χ1) is 10.5. The first-order valence-electron chi connectivity index (χ1n) is 7.06. The second kappa shape index (κ2) is 8.76. The molecule has 0 unspecified atom stereocenters. The molecule has 1 rings (SSSR count). The molecule has 1 atom stereocenters. The molecular weight excluding hydrogens is 286 g/mol. The number of nitrogens with one attached hydrogen (secondary N) is 3. The van der Waals surface area contributed by atoms with Gasteiger partial charge < -0.3 is 25.4 Å². The lowest BCUT2D eigenvalue weighted by Gasteiger charge is -2.18. The van der Waals surface area contributed by atoms with Crippen LogP contribution in [0.4, 0.5) is 10.5 Å². The van der Waals surface area contributed by atoms with Crippen LogP contribution in [0.1, 0.15) is 19.8 Å². The molecule has 0 heterocycles. The third-order valence-corrected chi connectivity index (χ3v) is 3.10. The third-order valence-electron chi connectivity index (χ3n) is 3.10. The Kier molecular flexibility index (Phi) is 7.01. The zero-order chi connectivity index (χ0) is 16.5. The molecule has 0 saturated heterocycles. The molecule has 7 heteroatoms. The number of hydrogen-bond acceptors (Lipinski definition) is 4. The van der Waals surface area contributed by atoms with E-state index in [2.05, 4.69) is 16.0 Å². The second-order valence-electron chi connectivity index (χ2n) is 4.62. The van der Waals surface area contributed by atoms with E-state index in [9.17, 15) is 9.59 Å². The van der Waals surface area contributed by atoms with E-state index in [4.69, 9.17) is 9.47 Å². The first kappa shape index (κ1) is 17.6. The van der Waals surface area contributed by atoms with Gasteiger partial charge in [-0.05, 0) is 18.6 Å². The lowest BCUT2D eigenvalue weighted by molar-refractivity contribution is -0.122. The SMILES string of the molecule is CCC[C@H](NC(=O)Nc1ccc(OC)cc1OC)C(=O)NC. The van der Waals surface area contributed by atoms with Crippen LogP contribution in [-0.2, 0) is 4.79 Å². The Hall–Kier alpha value is -2.44. The number of methoxy groups -OCH3 is 2. The molecule has 22 heavy (non-hydrogen) atoms. The summed E-state index contributed by atoms with van der Waals surface area (Å²) in [6, 6.07) is 4.01. The predicted octanol–water partition coefficient (Wildman–Crippen LogP) is 1.74. The minimum atomic E-state index is -0.570. The molecule has 0 spiro atoms. The lowest BCUT2D eigenvalue weighted by atomic mass is 10.1. The Balaban J connectivity index is 2.77. The van der Waals surface area contributed by atoms with Gasteiger partial charge in [-0.1, -0.05) is 13.3 Å². The molecule has 0 bridgehead atoms. The molecule has 0 aliphatic rings. The maximum absolute atomic E-state index is 12.1. The molecule has 0 saturated carbocycles. The Morgan fingerprint density at radius 1 is 1.23 bits per heavy atom. The molecular formula is C15H23N3O4. The monoisotopic (exact) mass is 309 g/mol. The summed E-state index contributed by atoms with van der Waals surface area (Å²) in [5.74, 6) is 0.872. The Morgan fingerprint density at radius 2 is 1.95 bits per heavy atom. The highest BCUT2D eigenvalue weighted by molar-refractivity contribution is 5.94. The molecule has 1 aromatic carbocycles. The molecule has 1 aromatic rings. The number of anilines is 1. The van der Waals surface area contributed by atoms with Gasteiger partial charge in [0.05, 0.1) is 19.9 Å². The Morgan fingerprint density at radius 3 is 2.50 bits per heavy atom. The molecule has 0 fully saturated rings. The van der Waals surface area contributed by atoms with Crippen molar-refractivity contribution < 1.29 is 19.1 Å². The quantitative estimate of drug-likeness (QED) is 0.716. The smallest absolute Gasteiger partial charge is 0.319 e. The zero-order valence-electron chi connectivity index (χ0n) is 13.4. The average molecular weight is 309 g/mol. The fourth-order valence-corrected chi connectivity index (χ4v) is 1.95. The van der Waals surface area contributed by atoms with Crippen molar-refractivity contribution in [3.63, 3.8) is 0 Å². The van der Waals surface area contributed by atoms with Gasteiger partial charge in [0.2, 0.25) is 5.91 Å². The second-order valence-corrected chi connectivity index (χ2v) is 4.62. The van der Waals surface area contributed by atoms with Crippen LogP contribution in [0.2, 0.25) is 0 Å². The molecule has 3 amide bonds. The third kappa shape index (κ3) is 4.83. The summed E-state index contributed by atoms with van der Waals surface area (Å²) in [6.07, 6.45) is 1.34. The van der Waals surface area contributed by atoms with Crippen molar-refractivity contribution in [3.05, 3.63) is 18.2 Å². The van der Waals surface area contributed by atoms with Crippen molar-refractivity contribution in [2.24, 2.45) is 0 Å². The molecule has 0 aliphatic carbocycles. The fourth-order valence-electron chi connectivity index (χ4n) is 1.95. The summed E-state index contributed by atoms with van der Waals surface area (Å²) in [5, 5.41) is 7.85. The van der Waals surface area contributed by atoms with E-state index in [-0.39, 0.29) is 5.91 Å². The van der Waals surface area contributed by atoms with Gasteiger partial charge in [0.15, 0.2) is 0 Å². The molecule has 0 aliphatic heterocycles. The highest BCUT2D eigenvalue weighted by Gasteiger charge is 2.19. The van der Waals surface area contributed by atoms with E-state index < -0.39 is 12.1 Å². The van der Waals surface area contributed by atoms with Crippen molar-refractivity contribution in [2.75, 3.05) is 26.6 Å². The van der Waals surface area contributed by atoms with Crippen LogP contribution in [0.3, 0.4) is 0 Å². The Labute approximate surface area is 130 Å². The predicted molar refractivity (Wildman–Crippen MR) is 84.5 cm³/mol. The number of amides is 3. The van der Waals surface area contributed by atoms with Gasteiger partial charge in [-0.15, -0.1) is 0 Å². The van der Waals surface area contributed by atoms with E-state index in [1.54, 1.807) is 25.3 Å². The van der Waals surface area contributed by atoms with Crippen LogP contribution in [0.25, 0.3) is 0 Å². The number of carbonyl (C=O) groups is 2. The van der Waals surface area contributed by atoms with Crippen LogP contribution < -0.4 is 25.4 Å². The Bertz CT molecular complexity index is 520. The summed E-state index contributed by atoms with van der Waals surface area (Å²) < 4.78 is 10.3. The van der Waals surface area contributed by atoms with Crippen molar-refractivity contribution in [1.29, 1.82) is 0 Å². The first-order valence-corrected chi connectivity index (χ1v) is 7.06. The van der Waals surface area contributed by atoms with E-state index in [1.165, 1.54) is 14.2 Å². The van der Waals surface area contributed by atoms with Gasteiger partial charge >= 0.3 is 6.03 Å². The van der Waals surface area contributed by atoms with Gasteiger partial charge in [-0.25, -0.2) is 4.79 Å². The van der Waals surface area contributed by atoms with Crippen LogP contribution in [0.5, 0.6) is 11.5 Å². The summed E-state index contributed by atoms with van der Waals surface area (Å²) >= 11 is 0. The fraction of sp³-hybridized carbons (Fsp3) is 0.467. The van der Waals surface area contributed by atoms with E-state index in [1.807, 2.05) is 6.92 Å². The standard InChI is InChI=1S/C15H23N3O4/c1-5-6-12(14(19)16-2)18-15(20)17-11-8-7-10(21-3)9-13(11)22-4/h7-9,12H,5-6H2,1-4H3,(H,16,19)(H2,17,18,20)/t12-/m0/s1. The maximum atomic E-state index is 12.1. The van der Waals surface area contributed by atoms with Gasteiger partial charge in [-0.3, -0.25) is 4.79 Å². The number of carbonyl (C=O) groups excluding carboxylic acids is 2. The van der Waals surface area contributed by atoms with Gasteiger partial charge in [0.25, 0.3) is 0 Å². The van der Waals surface area contributed by atoms with Crippen molar-refractivity contribution in [3.8, 4) is 11.5 Å². The normalized spacial score (nSPS) is 11.3. The highest BCUT2D eigenvalue weighted by Crippen LogP contribution is 2.28. The van der Waals surface area contributed by atoms with Gasteiger partial charge in [-0.2, -0.15) is 0 Å². The van der Waals surface area contributed by atoms with Crippen molar-refractivity contribution in [2.45, 2.75) is 25.8 Å². The average Bonchev–Trinajstić information content (AvgIpc) is 2.53. The van der Waals surface area contributed by atoms with Crippen LogP contribution in [0.15, 0.2) is 18.2 Å². The van der Waals surface area contributed by atoms with Crippen LogP contribution in [0, 0.1) is 0 Å². The summed E-state index contributed by atoms with van der Waals surface area (Å²) in [4.78, 5) is 23.8. The minimum Gasteiger partial charge on any atom is -0.497 e. The summed E-state index contributed by atoms with van der Waals surface area (Å²) in [6.45, 7) is 1.95.